The van der Waals surface area contributed by atoms with E-state index in [1.807, 2.05) is 0 Å². The van der Waals surface area contributed by atoms with Crippen LogP contribution in [0, 0.1) is 15.9 Å². The average Bonchev–Trinajstić information content (AvgIpc) is 2.38. The Morgan fingerprint density at radius 1 is 1.55 bits per heavy atom. The van der Waals surface area contributed by atoms with E-state index >= 15 is 0 Å². The van der Waals surface area contributed by atoms with Crippen LogP contribution < -0.4 is 10.5 Å². The van der Waals surface area contributed by atoms with Crippen LogP contribution in [0.15, 0.2) is 18.2 Å². The minimum absolute atomic E-state index is 0.0652. The number of carbonyl (C=O) groups is 1. The highest BCUT2D eigenvalue weighted by atomic mass is 19.1. The lowest BCUT2D eigenvalue weighted by Crippen LogP contribution is -2.33. The molecule has 0 aliphatic carbocycles. The molecule has 0 amide bonds. The van der Waals surface area contributed by atoms with Gasteiger partial charge in [-0.1, -0.05) is 0 Å². The Bertz CT molecular complexity index is 495. The molecule has 8 heteroatoms. The number of rotatable bonds is 7. The van der Waals surface area contributed by atoms with Crippen molar-refractivity contribution < 1.29 is 23.6 Å². The Balaban J connectivity index is 2.59. The van der Waals surface area contributed by atoms with Gasteiger partial charge >= 0.3 is 11.7 Å². The number of hydrogen-bond donors (Lipinski definition) is 1. The minimum atomic E-state index is -0.887. The molecule has 0 aliphatic rings. The van der Waals surface area contributed by atoms with Crippen molar-refractivity contribution in [3.05, 3.63) is 34.1 Å². The highest BCUT2D eigenvalue weighted by Gasteiger charge is 2.18. The average molecular weight is 286 g/mol. The first-order chi connectivity index (χ1) is 9.45. The Hall–Kier alpha value is -2.22. The summed E-state index contributed by atoms with van der Waals surface area (Å²) in [4.78, 5) is 21.3. The van der Waals surface area contributed by atoms with Crippen molar-refractivity contribution in [2.75, 3.05) is 13.2 Å². The number of nitrogens with zero attached hydrogens (tertiary/aromatic N) is 1. The summed E-state index contributed by atoms with van der Waals surface area (Å²) in [6.07, 6.45) is 0.104. The molecular formula is C12H15FN2O5. The summed E-state index contributed by atoms with van der Waals surface area (Å²) in [5.74, 6) is -1.43. The van der Waals surface area contributed by atoms with Crippen molar-refractivity contribution in [3.63, 3.8) is 0 Å². The van der Waals surface area contributed by atoms with Gasteiger partial charge < -0.3 is 15.2 Å². The van der Waals surface area contributed by atoms with Gasteiger partial charge in [0.25, 0.3) is 0 Å². The normalized spacial score (nSPS) is 11.8. The van der Waals surface area contributed by atoms with Gasteiger partial charge in [-0.2, -0.15) is 0 Å². The zero-order valence-corrected chi connectivity index (χ0v) is 10.9. The van der Waals surface area contributed by atoms with E-state index in [4.69, 9.17) is 15.2 Å². The number of nitrogens with two attached hydrogens (primary N) is 1. The maximum absolute atomic E-state index is 13.0. The molecule has 0 radical (unpaired) electrons. The maximum atomic E-state index is 13.0. The van der Waals surface area contributed by atoms with Crippen LogP contribution in [0.1, 0.15) is 13.3 Å². The molecule has 7 nitrogen and oxygen atoms in total. The third kappa shape index (κ3) is 4.47. The van der Waals surface area contributed by atoms with Gasteiger partial charge in [-0.15, -0.1) is 0 Å². The smallest absolute Gasteiger partial charge is 0.323 e. The predicted molar refractivity (Wildman–Crippen MR) is 67.8 cm³/mol. The number of benzene rings is 1. The molecule has 0 heterocycles. The second kappa shape index (κ2) is 7.39. The van der Waals surface area contributed by atoms with Crippen molar-refractivity contribution >= 4 is 11.7 Å². The van der Waals surface area contributed by atoms with E-state index in [-0.39, 0.29) is 31.1 Å². The van der Waals surface area contributed by atoms with Crippen LogP contribution in [0.4, 0.5) is 10.1 Å². The fourth-order valence-electron chi connectivity index (χ4n) is 1.42. The van der Waals surface area contributed by atoms with Gasteiger partial charge in [-0.05, 0) is 13.0 Å². The van der Waals surface area contributed by atoms with E-state index in [0.29, 0.717) is 0 Å². The summed E-state index contributed by atoms with van der Waals surface area (Å²) in [7, 11) is 0. The molecule has 1 aromatic rings. The van der Waals surface area contributed by atoms with Crippen LogP contribution in [-0.4, -0.2) is 30.1 Å². The van der Waals surface area contributed by atoms with Gasteiger partial charge in [0.15, 0.2) is 5.75 Å². The summed E-state index contributed by atoms with van der Waals surface area (Å²) in [5.41, 5.74) is 5.18. The third-order valence-electron chi connectivity index (χ3n) is 2.39. The summed E-state index contributed by atoms with van der Waals surface area (Å²) >= 11 is 0. The van der Waals surface area contributed by atoms with E-state index in [1.165, 1.54) is 0 Å². The highest BCUT2D eigenvalue weighted by molar-refractivity contribution is 5.75. The molecule has 0 fully saturated rings. The standard InChI is InChI=1S/C12H15FN2O5/c1-2-19-12(16)9(14)5-6-20-11-7-8(13)3-4-10(11)15(17)18/h3-4,7,9H,2,5-6,14H2,1H3. The fourth-order valence-corrected chi connectivity index (χ4v) is 1.42. The maximum Gasteiger partial charge on any atom is 0.323 e. The topological polar surface area (TPSA) is 105 Å². The molecule has 0 saturated carbocycles. The number of nitro benzene ring substituents is 1. The molecule has 1 aromatic carbocycles. The monoisotopic (exact) mass is 286 g/mol. The van der Waals surface area contributed by atoms with E-state index < -0.39 is 22.8 Å². The van der Waals surface area contributed by atoms with Crippen molar-refractivity contribution in [2.45, 2.75) is 19.4 Å². The summed E-state index contributed by atoms with van der Waals surface area (Å²) in [5, 5.41) is 10.7. The van der Waals surface area contributed by atoms with Crippen LogP contribution >= 0.6 is 0 Å². The zero-order chi connectivity index (χ0) is 15.1. The molecular weight excluding hydrogens is 271 g/mol. The largest absolute Gasteiger partial charge is 0.487 e. The number of ether oxygens (including phenoxy) is 2. The zero-order valence-electron chi connectivity index (χ0n) is 10.9. The number of nitro groups is 1. The van der Waals surface area contributed by atoms with Crippen LogP contribution in [0.5, 0.6) is 5.75 Å². The van der Waals surface area contributed by atoms with E-state index in [1.54, 1.807) is 6.92 Å². The first kappa shape index (κ1) is 15.8. The lowest BCUT2D eigenvalue weighted by Gasteiger charge is -2.11. The molecule has 0 spiro atoms. The fraction of sp³-hybridized carbons (Fsp3) is 0.417. The van der Waals surface area contributed by atoms with Crippen LogP contribution in [0.25, 0.3) is 0 Å². The van der Waals surface area contributed by atoms with Gasteiger partial charge in [-0.3, -0.25) is 14.9 Å². The quantitative estimate of drug-likeness (QED) is 0.461. The van der Waals surface area contributed by atoms with Crippen LogP contribution in [0.2, 0.25) is 0 Å². The Labute approximate surface area is 114 Å². The Morgan fingerprint density at radius 3 is 2.85 bits per heavy atom. The van der Waals surface area contributed by atoms with Crippen LogP contribution in [-0.2, 0) is 9.53 Å². The van der Waals surface area contributed by atoms with Gasteiger partial charge in [0.2, 0.25) is 0 Å². The van der Waals surface area contributed by atoms with Crippen molar-refractivity contribution in [1.82, 2.24) is 0 Å². The molecule has 1 atom stereocenters. The number of halogens is 1. The molecule has 0 aliphatic heterocycles. The van der Waals surface area contributed by atoms with Crippen molar-refractivity contribution in [1.29, 1.82) is 0 Å². The lowest BCUT2D eigenvalue weighted by molar-refractivity contribution is -0.385. The third-order valence-corrected chi connectivity index (χ3v) is 2.39. The highest BCUT2D eigenvalue weighted by Crippen LogP contribution is 2.27. The molecule has 1 unspecified atom stereocenters. The minimum Gasteiger partial charge on any atom is -0.487 e. The number of hydrogen-bond acceptors (Lipinski definition) is 6. The lowest BCUT2D eigenvalue weighted by atomic mass is 10.2. The summed E-state index contributed by atoms with van der Waals surface area (Å²) in [6.45, 7) is 1.80. The molecule has 0 saturated heterocycles. The van der Waals surface area contributed by atoms with Gasteiger partial charge in [0, 0.05) is 18.6 Å². The van der Waals surface area contributed by atoms with Crippen molar-refractivity contribution in [3.8, 4) is 5.75 Å². The predicted octanol–water partition coefficient (Wildman–Crippen LogP) is 1.39. The van der Waals surface area contributed by atoms with Gasteiger partial charge in [0.1, 0.15) is 11.9 Å². The Morgan fingerprint density at radius 2 is 2.25 bits per heavy atom. The van der Waals surface area contributed by atoms with Crippen LogP contribution in [0.3, 0.4) is 0 Å². The first-order valence-corrected chi connectivity index (χ1v) is 5.94. The number of carbonyl (C=O) groups excluding carboxylic acids is 1. The molecule has 20 heavy (non-hydrogen) atoms. The van der Waals surface area contributed by atoms with E-state index in [0.717, 1.165) is 18.2 Å². The van der Waals surface area contributed by atoms with Gasteiger partial charge in [0.05, 0.1) is 18.1 Å². The van der Waals surface area contributed by atoms with E-state index in [2.05, 4.69) is 0 Å². The SMILES string of the molecule is CCOC(=O)C(N)CCOc1cc(F)ccc1[N+](=O)[O-]. The summed E-state index contributed by atoms with van der Waals surface area (Å²) in [6, 6.07) is 2.00. The Kier molecular flexibility index (Phi) is 5.85. The second-order valence-electron chi connectivity index (χ2n) is 3.86. The molecule has 1 rings (SSSR count). The molecule has 110 valence electrons. The molecule has 0 aromatic heterocycles. The molecule has 0 bridgehead atoms. The first-order valence-electron chi connectivity index (χ1n) is 5.94. The van der Waals surface area contributed by atoms with Crippen molar-refractivity contribution in [2.24, 2.45) is 5.73 Å². The summed E-state index contributed by atoms with van der Waals surface area (Å²) < 4.78 is 22.8. The van der Waals surface area contributed by atoms with Gasteiger partial charge in [-0.25, -0.2) is 4.39 Å². The van der Waals surface area contributed by atoms with E-state index in [9.17, 15) is 19.3 Å². The molecule has 2 N–H and O–H groups in total. The second-order valence-corrected chi connectivity index (χ2v) is 3.86. The number of esters is 1.